The Hall–Kier alpha value is -4.05. The molecule has 47 heavy (non-hydrogen) atoms. The number of nitrogens with zero attached hydrogens (tertiary/aromatic N) is 2. The summed E-state index contributed by atoms with van der Waals surface area (Å²) in [6.45, 7) is -0.750. The van der Waals surface area contributed by atoms with Gasteiger partial charge in [-0.15, -0.1) is 0 Å². The van der Waals surface area contributed by atoms with E-state index in [-0.39, 0.29) is 41.2 Å². The first-order chi connectivity index (χ1) is 22.7. The van der Waals surface area contributed by atoms with Gasteiger partial charge in [-0.2, -0.15) is 0 Å². The number of ether oxygens (including phenoxy) is 1. The number of carbonyl (C=O) groups is 2. The van der Waals surface area contributed by atoms with E-state index in [4.69, 9.17) is 27.9 Å². The van der Waals surface area contributed by atoms with E-state index in [9.17, 15) is 18.0 Å². The Labute approximate surface area is 286 Å². The molecule has 1 fully saturated rings. The Kier molecular flexibility index (Phi) is 11.4. The average Bonchev–Trinajstić information content (AvgIpc) is 3.60. The topological polar surface area (TPSA) is 96.0 Å². The van der Waals surface area contributed by atoms with E-state index in [1.54, 1.807) is 60.7 Å². The summed E-state index contributed by atoms with van der Waals surface area (Å²) in [5.74, 6) is -0.679. The number of halogens is 2. The lowest BCUT2D eigenvalue weighted by Crippen LogP contribution is -2.54. The van der Waals surface area contributed by atoms with Gasteiger partial charge in [0.2, 0.25) is 11.8 Å². The molecule has 1 N–H and O–H groups in total. The van der Waals surface area contributed by atoms with Gasteiger partial charge in [-0.25, -0.2) is 8.42 Å². The third-order valence-corrected chi connectivity index (χ3v) is 10.8. The second-order valence-corrected chi connectivity index (χ2v) is 14.1. The normalized spacial score (nSPS) is 13.9. The molecule has 1 aliphatic rings. The van der Waals surface area contributed by atoms with Crippen LogP contribution in [-0.2, 0) is 32.6 Å². The molecule has 0 aliphatic heterocycles. The third kappa shape index (κ3) is 8.27. The number of anilines is 1. The lowest BCUT2D eigenvalue weighted by atomic mass is 10.0. The number of nitrogens with one attached hydrogen (secondary N) is 1. The molecule has 0 heterocycles. The first kappa shape index (κ1) is 34.3. The molecule has 0 radical (unpaired) electrons. The van der Waals surface area contributed by atoms with Crippen LogP contribution in [0.5, 0.6) is 5.75 Å². The number of hydrogen-bond donors (Lipinski definition) is 1. The maximum atomic E-state index is 14.7. The highest BCUT2D eigenvalue weighted by Crippen LogP contribution is 2.33. The molecule has 4 aromatic carbocycles. The fraction of sp³-hybridized carbons (Fsp3) is 0.278. The summed E-state index contributed by atoms with van der Waals surface area (Å²) < 4.78 is 35.0. The highest BCUT2D eigenvalue weighted by atomic mass is 35.5. The molecule has 1 saturated carbocycles. The lowest BCUT2D eigenvalue weighted by molar-refractivity contribution is -0.140. The van der Waals surface area contributed by atoms with Crippen molar-refractivity contribution in [1.29, 1.82) is 0 Å². The second kappa shape index (κ2) is 15.7. The van der Waals surface area contributed by atoms with Gasteiger partial charge in [0, 0.05) is 34.6 Å². The zero-order chi connectivity index (χ0) is 33.4. The van der Waals surface area contributed by atoms with Crippen molar-refractivity contribution in [2.75, 3.05) is 18.0 Å². The highest BCUT2D eigenvalue weighted by molar-refractivity contribution is 7.92. The van der Waals surface area contributed by atoms with Gasteiger partial charge < -0.3 is 15.0 Å². The number of rotatable bonds is 13. The van der Waals surface area contributed by atoms with Crippen molar-refractivity contribution in [3.63, 3.8) is 0 Å². The SMILES string of the molecule is COc1ccccc1N(CC(=O)N(Cc1c(Cl)cccc1Cl)[C@H](Cc1ccccc1)C(=O)NC1CCCC1)S(=O)(=O)c1ccccc1. The molecule has 0 aromatic heterocycles. The van der Waals surface area contributed by atoms with Gasteiger partial charge in [-0.1, -0.05) is 103 Å². The molecular formula is C36H37Cl2N3O5S. The number of sulfonamides is 1. The predicted octanol–water partition coefficient (Wildman–Crippen LogP) is 6.90. The molecule has 1 aliphatic carbocycles. The largest absolute Gasteiger partial charge is 0.495 e. The van der Waals surface area contributed by atoms with Crippen LogP contribution < -0.4 is 14.4 Å². The number of benzene rings is 4. The number of amides is 2. The minimum absolute atomic E-state index is 0.000726. The second-order valence-electron chi connectivity index (χ2n) is 11.4. The monoisotopic (exact) mass is 693 g/mol. The third-order valence-electron chi connectivity index (χ3n) is 8.33. The minimum atomic E-state index is -4.27. The Balaban J connectivity index is 1.61. The van der Waals surface area contributed by atoms with Gasteiger partial charge in [-0.05, 0) is 54.8 Å². The standard InChI is InChI=1S/C36H37Cl2N3O5S/c1-46-34-22-11-10-21-32(34)41(47(44,45)28-17-6-3-7-18-28)25-35(42)40(24-29-30(37)19-12-20-31(29)38)33(23-26-13-4-2-5-14-26)36(43)39-27-15-8-9-16-27/h2-7,10-14,17-22,27,33H,8-9,15-16,23-25H2,1H3,(H,39,43)/t33-/m1/s1. The number of carbonyl (C=O) groups excluding carboxylic acids is 2. The summed E-state index contributed by atoms with van der Waals surface area (Å²) in [6, 6.07) is 27.9. The van der Waals surface area contributed by atoms with Crippen LogP contribution in [0.25, 0.3) is 0 Å². The van der Waals surface area contributed by atoms with Gasteiger partial charge in [0.15, 0.2) is 0 Å². The van der Waals surface area contributed by atoms with Crippen LogP contribution in [0, 0.1) is 0 Å². The maximum Gasteiger partial charge on any atom is 0.264 e. The zero-order valence-electron chi connectivity index (χ0n) is 26.0. The van der Waals surface area contributed by atoms with Crippen molar-refractivity contribution in [3.05, 3.63) is 124 Å². The van der Waals surface area contributed by atoms with Crippen LogP contribution in [0.1, 0.15) is 36.8 Å². The van der Waals surface area contributed by atoms with Gasteiger partial charge in [-0.3, -0.25) is 13.9 Å². The first-order valence-electron chi connectivity index (χ1n) is 15.5. The highest BCUT2D eigenvalue weighted by Gasteiger charge is 2.36. The van der Waals surface area contributed by atoms with Gasteiger partial charge in [0.25, 0.3) is 10.0 Å². The van der Waals surface area contributed by atoms with E-state index in [0.717, 1.165) is 35.6 Å². The summed E-state index contributed by atoms with van der Waals surface area (Å²) in [5, 5.41) is 3.80. The first-order valence-corrected chi connectivity index (χ1v) is 17.7. The van der Waals surface area contributed by atoms with Crippen LogP contribution in [0.3, 0.4) is 0 Å². The smallest absolute Gasteiger partial charge is 0.264 e. The van der Waals surface area contributed by atoms with Gasteiger partial charge in [0.05, 0.1) is 17.7 Å². The summed E-state index contributed by atoms with van der Waals surface area (Å²) in [7, 11) is -2.84. The number of methoxy groups -OCH3 is 1. The summed E-state index contributed by atoms with van der Waals surface area (Å²) in [6.07, 6.45) is 3.91. The Morgan fingerprint density at radius 1 is 0.851 bits per heavy atom. The Morgan fingerprint density at radius 3 is 2.09 bits per heavy atom. The van der Waals surface area contributed by atoms with E-state index in [0.29, 0.717) is 15.6 Å². The van der Waals surface area contributed by atoms with E-state index in [1.165, 1.54) is 24.1 Å². The molecular weight excluding hydrogens is 657 g/mol. The fourth-order valence-corrected chi connectivity index (χ4v) is 7.81. The van der Waals surface area contributed by atoms with Crippen LogP contribution in [0.4, 0.5) is 5.69 Å². The van der Waals surface area contributed by atoms with Crippen LogP contribution in [0.15, 0.2) is 108 Å². The van der Waals surface area contributed by atoms with Gasteiger partial charge >= 0.3 is 0 Å². The van der Waals surface area contributed by atoms with Crippen molar-refractivity contribution in [2.24, 2.45) is 0 Å². The lowest BCUT2D eigenvalue weighted by Gasteiger charge is -2.35. The minimum Gasteiger partial charge on any atom is -0.495 e. The summed E-state index contributed by atoms with van der Waals surface area (Å²) in [4.78, 5) is 30.3. The van der Waals surface area contributed by atoms with Crippen molar-refractivity contribution in [3.8, 4) is 5.75 Å². The summed E-state index contributed by atoms with van der Waals surface area (Å²) >= 11 is 13.2. The molecule has 0 saturated heterocycles. The molecule has 8 nitrogen and oxygen atoms in total. The molecule has 0 spiro atoms. The van der Waals surface area contributed by atoms with Crippen LogP contribution in [0.2, 0.25) is 10.0 Å². The number of para-hydroxylation sites is 2. The Morgan fingerprint density at radius 2 is 1.45 bits per heavy atom. The predicted molar refractivity (Wildman–Crippen MR) is 185 cm³/mol. The molecule has 5 rings (SSSR count). The van der Waals surface area contributed by atoms with Crippen LogP contribution in [-0.4, -0.2) is 50.9 Å². The van der Waals surface area contributed by atoms with Crippen molar-refractivity contribution < 1.29 is 22.7 Å². The molecule has 11 heteroatoms. The van der Waals surface area contributed by atoms with Crippen LogP contribution >= 0.6 is 23.2 Å². The summed E-state index contributed by atoms with van der Waals surface area (Å²) in [5.41, 5.74) is 1.46. The fourth-order valence-electron chi connectivity index (χ4n) is 5.84. The molecule has 0 bridgehead atoms. The van der Waals surface area contributed by atoms with E-state index in [2.05, 4.69) is 5.32 Å². The van der Waals surface area contributed by atoms with E-state index < -0.39 is 28.5 Å². The number of hydrogen-bond acceptors (Lipinski definition) is 5. The molecule has 246 valence electrons. The maximum absolute atomic E-state index is 14.7. The van der Waals surface area contributed by atoms with Crippen molar-refractivity contribution >= 4 is 50.7 Å². The van der Waals surface area contributed by atoms with E-state index >= 15 is 0 Å². The Bertz CT molecular complexity index is 1760. The van der Waals surface area contributed by atoms with Gasteiger partial charge in [0.1, 0.15) is 18.3 Å². The molecule has 0 unspecified atom stereocenters. The molecule has 1 atom stereocenters. The van der Waals surface area contributed by atoms with E-state index in [1.807, 2.05) is 30.3 Å². The van der Waals surface area contributed by atoms with Crippen molar-refractivity contribution in [1.82, 2.24) is 10.2 Å². The zero-order valence-corrected chi connectivity index (χ0v) is 28.3. The molecule has 4 aromatic rings. The average molecular weight is 695 g/mol. The van der Waals surface area contributed by atoms with Crippen molar-refractivity contribution in [2.45, 2.75) is 55.6 Å². The quantitative estimate of drug-likeness (QED) is 0.164. The molecule has 2 amide bonds.